The molecule has 0 bridgehead atoms. The Morgan fingerprint density at radius 1 is 0.690 bits per heavy atom. The van der Waals surface area contributed by atoms with Crippen LogP contribution in [0.15, 0.2) is 73.3 Å². The highest BCUT2D eigenvalue weighted by atomic mass is 16.5. The highest BCUT2D eigenvalue weighted by Gasteiger charge is 2.48. The van der Waals surface area contributed by atoms with Gasteiger partial charge in [-0.3, -0.25) is 10.2 Å². The van der Waals surface area contributed by atoms with Gasteiger partial charge in [-0.2, -0.15) is 10.2 Å². The first-order valence-electron chi connectivity index (χ1n) is 14.3. The number of hydrogen-bond donors (Lipinski definition) is 2. The molecule has 0 aliphatic carbocycles. The Morgan fingerprint density at radius 2 is 1.29 bits per heavy atom. The largest absolute Gasteiger partial charge is 0.450 e. The minimum Gasteiger partial charge on any atom is -0.450 e. The van der Waals surface area contributed by atoms with Crippen LogP contribution in [0, 0.1) is 5.41 Å². The van der Waals surface area contributed by atoms with Crippen LogP contribution in [0.2, 0.25) is 0 Å². The molecular weight excluding hydrogens is 528 g/mol. The molecular formula is C32H28N8O2. The zero-order chi connectivity index (χ0) is 27.7. The van der Waals surface area contributed by atoms with Crippen molar-refractivity contribution in [3.05, 3.63) is 73.3 Å². The number of H-pyrrole nitrogens is 2. The van der Waals surface area contributed by atoms with Gasteiger partial charge in [-0.1, -0.05) is 12.1 Å². The van der Waals surface area contributed by atoms with E-state index in [1.807, 2.05) is 36.9 Å². The SMILES string of the molecule is c1cc2[nH]ncc2cc1-c1cnc2c(c1)Oc1cc(-c3ccc4[nH]ncc4c3)cnc1N2CCCN1CC2(COC2)C1. The minimum absolute atomic E-state index is 0.424. The molecule has 4 aromatic heterocycles. The Bertz CT molecular complexity index is 1850. The lowest BCUT2D eigenvalue weighted by atomic mass is 9.78. The molecule has 9 rings (SSSR count). The molecule has 2 fully saturated rings. The number of fused-ring (bicyclic) bond motifs is 4. The standard InChI is InChI=1S/C32H28N8O2/c1(6-39-16-32(17-39)18-41-19-32)7-40-30-28(10-22(12-33-30)20-2-4-26-24(8-20)14-35-37-26)42-29-11-23(13-34-31(29)40)21-3-5-27-25(9-21)15-36-38-27/h2-5,8-15H,1,6-7,16-19H2,(H,35,37)(H,36,38). The summed E-state index contributed by atoms with van der Waals surface area (Å²) in [4.78, 5) is 14.6. The van der Waals surface area contributed by atoms with E-state index in [0.29, 0.717) is 5.41 Å². The second-order valence-electron chi connectivity index (χ2n) is 11.7. The lowest BCUT2D eigenvalue weighted by Gasteiger charge is -2.55. The highest BCUT2D eigenvalue weighted by Crippen LogP contribution is 2.47. The molecule has 2 aromatic carbocycles. The van der Waals surface area contributed by atoms with Crippen molar-refractivity contribution in [2.75, 3.05) is 44.3 Å². The summed E-state index contributed by atoms with van der Waals surface area (Å²) in [5, 5.41) is 16.5. The Kier molecular flexibility index (Phi) is 5.17. The van der Waals surface area contributed by atoms with E-state index in [-0.39, 0.29) is 0 Å². The van der Waals surface area contributed by atoms with Gasteiger partial charge in [-0.05, 0) is 60.5 Å². The number of nitrogens with one attached hydrogen (secondary N) is 2. The van der Waals surface area contributed by atoms with Crippen LogP contribution in [-0.4, -0.2) is 74.7 Å². The van der Waals surface area contributed by atoms with Gasteiger partial charge in [0.05, 0.1) is 36.6 Å². The zero-order valence-electron chi connectivity index (χ0n) is 22.9. The second-order valence-corrected chi connectivity index (χ2v) is 11.7. The minimum atomic E-state index is 0.424. The van der Waals surface area contributed by atoms with Gasteiger partial charge >= 0.3 is 0 Å². The van der Waals surface area contributed by atoms with Crippen molar-refractivity contribution in [2.45, 2.75) is 6.42 Å². The summed E-state index contributed by atoms with van der Waals surface area (Å²) in [5.41, 5.74) is 6.54. The summed E-state index contributed by atoms with van der Waals surface area (Å²) in [7, 11) is 0. The number of anilines is 2. The van der Waals surface area contributed by atoms with Gasteiger partial charge in [0.15, 0.2) is 23.1 Å². The number of aromatic nitrogens is 6. The Balaban J connectivity index is 1.05. The lowest BCUT2D eigenvalue weighted by Crippen LogP contribution is -2.65. The van der Waals surface area contributed by atoms with E-state index in [2.05, 4.69) is 66.6 Å². The third kappa shape index (κ3) is 3.87. The van der Waals surface area contributed by atoms with Crippen molar-refractivity contribution < 1.29 is 9.47 Å². The van der Waals surface area contributed by atoms with Gasteiger partial charge in [0.1, 0.15) is 0 Å². The van der Waals surface area contributed by atoms with Crippen molar-refractivity contribution in [3.63, 3.8) is 0 Å². The Labute approximate surface area is 241 Å². The molecule has 2 saturated heterocycles. The number of pyridine rings is 2. The van der Waals surface area contributed by atoms with E-state index < -0.39 is 0 Å². The van der Waals surface area contributed by atoms with Crippen LogP contribution in [0.4, 0.5) is 11.6 Å². The van der Waals surface area contributed by atoms with Gasteiger partial charge in [0.2, 0.25) is 0 Å². The van der Waals surface area contributed by atoms with E-state index in [4.69, 9.17) is 19.4 Å². The smallest absolute Gasteiger partial charge is 0.177 e. The molecule has 0 radical (unpaired) electrons. The molecule has 0 amide bonds. The third-order valence-electron chi connectivity index (χ3n) is 8.73. The molecule has 2 N–H and O–H groups in total. The fourth-order valence-electron chi connectivity index (χ4n) is 6.51. The molecule has 1 spiro atoms. The fourth-order valence-corrected chi connectivity index (χ4v) is 6.51. The second kappa shape index (κ2) is 9.10. The molecule has 0 saturated carbocycles. The predicted octanol–water partition coefficient (Wildman–Crippen LogP) is 5.53. The van der Waals surface area contributed by atoms with E-state index in [1.165, 1.54) is 0 Å². The van der Waals surface area contributed by atoms with Crippen molar-refractivity contribution in [2.24, 2.45) is 5.41 Å². The van der Waals surface area contributed by atoms with E-state index in [9.17, 15) is 0 Å². The highest BCUT2D eigenvalue weighted by molar-refractivity contribution is 5.86. The summed E-state index contributed by atoms with van der Waals surface area (Å²) < 4.78 is 12.0. The number of hydrogen-bond acceptors (Lipinski definition) is 8. The molecule has 10 nitrogen and oxygen atoms in total. The molecule has 7 heterocycles. The maximum Gasteiger partial charge on any atom is 0.177 e. The van der Waals surface area contributed by atoms with Crippen LogP contribution < -0.4 is 9.64 Å². The molecule has 6 aromatic rings. The van der Waals surface area contributed by atoms with Crippen LogP contribution in [0.1, 0.15) is 6.42 Å². The van der Waals surface area contributed by atoms with Crippen molar-refractivity contribution in [3.8, 4) is 33.8 Å². The van der Waals surface area contributed by atoms with Crippen LogP contribution in [0.25, 0.3) is 44.1 Å². The van der Waals surface area contributed by atoms with Crippen molar-refractivity contribution >= 4 is 33.4 Å². The third-order valence-corrected chi connectivity index (χ3v) is 8.73. The van der Waals surface area contributed by atoms with E-state index >= 15 is 0 Å². The Morgan fingerprint density at radius 3 is 1.83 bits per heavy atom. The molecule has 208 valence electrons. The summed E-state index contributed by atoms with van der Waals surface area (Å²) in [5.74, 6) is 3.04. The number of likely N-dealkylation sites (tertiary alicyclic amines) is 1. The first-order chi connectivity index (χ1) is 20.7. The lowest BCUT2D eigenvalue weighted by molar-refractivity contribution is -0.188. The molecule has 0 unspecified atom stereocenters. The topological polar surface area (TPSA) is 108 Å². The fraction of sp³-hybridized carbons (Fsp3) is 0.250. The quantitative estimate of drug-likeness (QED) is 0.276. The van der Waals surface area contributed by atoms with Gasteiger partial charge in [0, 0.05) is 59.3 Å². The monoisotopic (exact) mass is 556 g/mol. The maximum absolute atomic E-state index is 6.56. The van der Waals surface area contributed by atoms with Crippen molar-refractivity contribution in [1.29, 1.82) is 0 Å². The summed E-state index contributed by atoms with van der Waals surface area (Å²) in [6.07, 6.45) is 8.52. The van der Waals surface area contributed by atoms with E-state index in [0.717, 1.165) is 113 Å². The molecule has 42 heavy (non-hydrogen) atoms. The van der Waals surface area contributed by atoms with Crippen LogP contribution >= 0.6 is 0 Å². The van der Waals surface area contributed by atoms with Gasteiger partial charge in [0.25, 0.3) is 0 Å². The van der Waals surface area contributed by atoms with Gasteiger partial charge < -0.3 is 19.3 Å². The Hall–Kier alpha value is -4.80. The first-order valence-corrected chi connectivity index (χ1v) is 14.3. The number of nitrogens with zero attached hydrogens (tertiary/aromatic N) is 6. The average molecular weight is 557 g/mol. The van der Waals surface area contributed by atoms with Crippen LogP contribution in [0.3, 0.4) is 0 Å². The van der Waals surface area contributed by atoms with Crippen LogP contribution in [0.5, 0.6) is 11.5 Å². The van der Waals surface area contributed by atoms with Crippen LogP contribution in [-0.2, 0) is 4.74 Å². The number of rotatable bonds is 6. The molecule has 3 aliphatic heterocycles. The number of benzene rings is 2. The summed E-state index contributed by atoms with van der Waals surface area (Å²) in [6, 6.07) is 16.7. The van der Waals surface area contributed by atoms with Gasteiger partial charge in [-0.15, -0.1) is 0 Å². The predicted molar refractivity (Wildman–Crippen MR) is 160 cm³/mol. The first kappa shape index (κ1) is 23.9. The summed E-state index contributed by atoms with van der Waals surface area (Å²) >= 11 is 0. The molecule has 10 heteroatoms. The molecule has 3 aliphatic rings. The summed E-state index contributed by atoms with van der Waals surface area (Å²) in [6.45, 7) is 5.92. The number of aromatic amines is 2. The maximum atomic E-state index is 6.56. The van der Waals surface area contributed by atoms with Gasteiger partial charge in [-0.25, -0.2) is 9.97 Å². The number of ether oxygens (including phenoxy) is 2. The zero-order valence-corrected chi connectivity index (χ0v) is 22.9. The normalized spacial score (nSPS) is 17.1. The van der Waals surface area contributed by atoms with Crippen molar-refractivity contribution in [1.82, 2.24) is 35.3 Å². The molecule has 0 atom stereocenters. The van der Waals surface area contributed by atoms with E-state index in [1.54, 1.807) is 0 Å². The average Bonchev–Trinajstić information content (AvgIpc) is 3.65.